The van der Waals surface area contributed by atoms with Crippen molar-refractivity contribution < 1.29 is 32.9 Å². The van der Waals surface area contributed by atoms with Gasteiger partial charge in [-0.2, -0.15) is 0 Å². The minimum atomic E-state index is 0. The summed E-state index contributed by atoms with van der Waals surface area (Å²) in [6.45, 7) is 0. The van der Waals surface area contributed by atoms with Crippen molar-refractivity contribution in [3.63, 3.8) is 0 Å². The summed E-state index contributed by atoms with van der Waals surface area (Å²) in [5.74, 6) is 0. The van der Waals surface area contributed by atoms with Crippen LogP contribution in [0.2, 0.25) is 0 Å². The maximum absolute atomic E-state index is 0. The predicted molar refractivity (Wildman–Crippen MR) is 53.3 cm³/mol. The van der Waals surface area contributed by atoms with Gasteiger partial charge in [0, 0.05) is 0 Å². The van der Waals surface area contributed by atoms with E-state index in [1.807, 2.05) is 0 Å². The van der Waals surface area contributed by atoms with Crippen molar-refractivity contribution in [2.75, 3.05) is 0 Å². The Kier molecular flexibility index (Phi) is 6230. The van der Waals surface area contributed by atoms with Gasteiger partial charge in [0.2, 0.25) is 0 Å². The van der Waals surface area contributed by atoms with Crippen LogP contribution in [0.3, 0.4) is 0 Å². The van der Waals surface area contributed by atoms with Gasteiger partial charge in [-0.05, 0) is 0 Å². The summed E-state index contributed by atoms with van der Waals surface area (Å²) < 4.78 is 0. The molecule has 0 rings (SSSR count). The van der Waals surface area contributed by atoms with Crippen LogP contribution in [0.5, 0.6) is 0 Å². The molecule has 0 fully saturated rings. The van der Waals surface area contributed by atoms with E-state index in [-0.39, 0.29) is 118 Å². The largest absolute Gasteiger partial charge is 0.316 e. The Morgan fingerprint density at radius 3 is 0.400 bits per heavy atom. The summed E-state index contributed by atoms with van der Waals surface area (Å²) in [6, 6.07) is 0. The fourth-order valence-electron chi connectivity index (χ4n) is 0. The first-order valence-corrected chi connectivity index (χ1v) is 0. The summed E-state index contributed by atoms with van der Waals surface area (Å²) >= 11 is 0. The number of hydrogen-bond donors (Lipinski definition) is 0. The summed E-state index contributed by atoms with van der Waals surface area (Å²) in [7, 11) is 0. The van der Waals surface area contributed by atoms with E-state index in [4.69, 9.17) is 0 Å². The van der Waals surface area contributed by atoms with Crippen molar-refractivity contribution >= 4 is 85.6 Å². The molecular weight excluding hydrogens is 231 g/mol. The van der Waals surface area contributed by atoms with Gasteiger partial charge in [-0.25, -0.2) is 0 Å². The van der Waals surface area contributed by atoms with E-state index < -0.39 is 0 Å². The molecule has 0 aliphatic carbocycles. The van der Waals surface area contributed by atoms with E-state index in [1.165, 1.54) is 0 Å². The summed E-state index contributed by atoms with van der Waals surface area (Å²) in [5.41, 5.74) is 0. The number of halogens is 2. The third kappa shape index (κ3) is 162. The molecule has 72 valence electrons. The Morgan fingerprint density at radius 1 is 0.400 bits per heavy atom. The molecule has 12 N–H and O–H groups in total. The molecule has 0 unspecified atom stereocenters. The van der Waals surface area contributed by atoms with E-state index in [0.717, 1.165) is 0 Å². The van der Waals surface area contributed by atoms with Crippen molar-refractivity contribution in [2.24, 2.45) is 0 Å². The second-order valence-corrected chi connectivity index (χ2v) is 0. The Morgan fingerprint density at radius 2 is 0.400 bits per heavy atom. The minimum absolute atomic E-state index is 0. The molecule has 10 heavy (non-hydrogen) atoms. The Bertz CT molecular complexity index is 15.7. The molecule has 0 atom stereocenters. The van der Waals surface area contributed by atoms with Gasteiger partial charge in [0.05, 0.1) is 0 Å². The van der Waals surface area contributed by atoms with E-state index in [2.05, 4.69) is 0 Å². The van der Waals surface area contributed by atoms with Crippen molar-refractivity contribution in [2.45, 2.75) is 0 Å². The van der Waals surface area contributed by atoms with Crippen LogP contribution in [-0.4, -0.2) is 93.6 Å². The van der Waals surface area contributed by atoms with Gasteiger partial charge >= 0.3 is 60.8 Å². The Balaban J connectivity index is 0. The Hall–Kier alpha value is 2.37. The second-order valence-electron chi connectivity index (χ2n) is 0. The van der Waals surface area contributed by atoms with Crippen LogP contribution in [0.4, 0.5) is 0 Å². The topological polar surface area (TPSA) is 189 Å². The first-order chi connectivity index (χ1) is 0. The molecule has 0 spiro atoms. The molecule has 6 nitrogen and oxygen atoms in total. The van der Waals surface area contributed by atoms with Gasteiger partial charge in [-0.15, -0.1) is 24.8 Å². The van der Waals surface area contributed by atoms with Crippen molar-refractivity contribution in [1.82, 2.24) is 0 Å². The molecule has 0 aromatic rings. The van der Waals surface area contributed by atoms with Gasteiger partial charge in [-0.3, -0.25) is 0 Å². The van der Waals surface area contributed by atoms with E-state index in [0.29, 0.717) is 0 Å². The second kappa shape index (κ2) is 218. The average molecular weight is 249 g/mol. The molecule has 10 heteroatoms. The van der Waals surface area contributed by atoms with Gasteiger partial charge in [0.25, 0.3) is 0 Å². The van der Waals surface area contributed by atoms with Crippen LogP contribution in [0.15, 0.2) is 0 Å². The van der Waals surface area contributed by atoms with Crippen molar-refractivity contribution in [3.05, 3.63) is 0 Å². The van der Waals surface area contributed by atoms with E-state index >= 15 is 0 Å². The zero-order chi connectivity index (χ0) is 0. The van der Waals surface area contributed by atoms with Crippen molar-refractivity contribution in [1.29, 1.82) is 0 Å². The van der Waals surface area contributed by atoms with Crippen molar-refractivity contribution in [3.8, 4) is 0 Å². The first kappa shape index (κ1) is 285. The normalized spacial score (nSPS) is 0. The maximum Gasteiger partial charge on any atom is 0.316 e. The zero-order valence-corrected chi connectivity index (χ0v) is 5.45. The smallest absolute Gasteiger partial charge is 0.316 e. The third-order valence-corrected chi connectivity index (χ3v) is 0. The Labute approximate surface area is 117 Å². The van der Waals surface area contributed by atoms with Crippen LogP contribution >= 0.6 is 24.8 Å². The molecule has 0 saturated carbocycles. The molecule has 0 aromatic carbocycles. The predicted octanol–water partition coefficient (Wildman–Crippen LogP) is -5.94. The van der Waals surface area contributed by atoms with E-state index in [9.17, 15) is 0 Å². The molecule has 0 bridgehead atoms. The van der Waals surface area contributed by atoms with E-state index in [1.54, 1.807) is 0 Å². The standard InChI is InChI=1S/Ca.2ClH.Mg.6H2O.4H/h;2*1H;;6*1H2;;;;. The SMILES string of the molecule is Cl.Cl.O.O.O.O.O.O.[CaH2].[MgH2]. The molecule has 0 radical (unpaired) electrons. The first-order valence-electron chi connectivity index (χ1n) is 0. The molecule has 0 saturated heterocycles. The number of rotatable bonds is 0. The molecule has 0 heterocycles. The van der Waals surface area contributed by atoms with Crippen LogP contribution in [0.25, 0.3) is 0 Å². The maximum atomic E-state index is 0. The van der Waals surface area contributed by atoms with Crippen LogP contribution < -0.4 is 0 Å². The third-order valence-electron chi connectivity index (χ3n) is 0. The summed E-state index contributed by atoms with van der Waals surface area (Å²) in [5, 5.41) is 0. The fraction of sp³-hybridized carbons (Fsp3) is 0. The van der Waals surface area contributed by atoms with Crippen LogP contribution in [0.1, 0.15) is 0 Å². The summed E-state index contributed by atoms with van der Waals surface area (Å²) in [6.07, 6.45) is 0. The van der Waals surface area contributed by atoms with Gasteiger partial charge < -0.3 is 32.9 Å². The molecule has 0 aliphatic heterocycles. The average Bonchev–Trinajstić information content (AvgIpc) is 0. The minimum Gasteiger partial charge on any atom is 0.316 e. The molecule has 0 amide bonds. The van der Waals surface area contributed by atoms with Gasteiger partial charge in [0.15, 0.2) is 0 Å². The van der Waals surface area contributed by atoms with Gasteiger partial charge in [0.1, 0.15) is 0 Å². The number of hydrogen-bond acceptors (Lipinski definition) is 0. The quantitative estimate of drug-likeness (QED) is 0.370. The molecular formula is H18CaCl2MgO6. The van der Waals surface area contributed by atoms with Crippen LogP contribution in [0, 0.1) is 0 Å². The zero-order valence-electron chi connectivity index (χ0n) is 3.82. The fourth-order valence-corrected chi connectivity index (χ4v) is 0. The monoisotopic (exact) mass is 248 g/mol. The molecule has 0 aromatic heterocycles. The summed E-state index contributed by atoms with van der Waals surface area (Å²) in [4.78, 5) is 0. The van der Waals surface area contributed by atoms with Crippen LogP contribution in [-0.2, 0) is 0 Å². The molecule has 0 aliphatic rings. The van der Waals surface area contributed by atoms with Gasteiger partial charge in [-0.1, -0.05) is 0 Å².